The molecule has 1 rings (SSSR count). The van der Waals surface area contributed by atoms with Crippen LogP contribution in [0.2, 0.25) is 0 Å². The second kappa shape index (κ2) is 6.41. The summed E-state index contributed by atoms with van der Waals surface area (Å²) in [4.78, 5) is 11.6. The average molecular weight is 266 g/mol. The molecule has 0 heterocycles. The van der Waals surface area contributed by atoms with Crippen molar-refractivity contribution < 1.29 is 18.0 Å². The number of halogens is 3. The summed E-state index contributed by atoms with van der Waals surface area (Å²) < 4.78 is 38.8. The van der Waals surface area contributed by atoms with Crippen molar-refractivity contribution in [3.8, 4) is 0 Å². The third-order valence-electron chi connectivity index (χ3n) is 3.46. The Hall–Kier alpha value is -0.780. The molecule has 1 amide bonds. The van der Waals surface area contributed by atoms with Crippen molar-refractivity contribution in [3.63, 3.8) is 0 Å². The minimum absolute atomic E-state index is 0.404. The van der Waals surface area contributed by atoms with E-state index in [0.29, 0.717) is 25.7 Å². The summed E-state index contributed by atoms with van der Waals surface area (Å²) in [5.41, 5.74) is 5.54. The summed E-state index contributed by atoms with van der Waals surface area (Å²) in [6.07, 6.45) is -0.671. The van der Waals surface area contributed by atoms with E-state index in [1.54, 1.807) is 0 Å². The average Bonchev–Trinajstić information content (AvgIpc) is 2.77. The Morgan fingerprint density at radius 3 is 2.39 bits per heavy atom. The van der Waals surface area contributed by atoms with Crippen LogP contribution < -0.4 is 11.1 Å². The number of rotatable bonds is 5. The highest BCUT2D eigenvalue weighted by Crippen LogP contribution is 2.35. The molecule has 106 valence electrons. The van der Waals surface area contributed by atoms with Gasteiger partial charge in [0.1, 0.15) is 6.04 Å². The number of amides is 1. The molecule has 0 aromatic rings. The van der Waals surface area contributed by atoms with E-state index in [0.717, 1.165) is 12.8 Å². The van der Waals surface area contributed by atoms with Gasteiger partial charge in [-0.05, 0) is 25.2 Å². The lowest BCUT2D eigenvalue weighted by atomic mass is 9.97. The molecule has 3 nitrogen and oxygen atoms in total. The summed E-state index contributed by atoms with van der Waals surface area (Å²) in [6.45, 7) is 1.84. The summed E-state index contributed by atoms with van der Waals surface area (Å²) in [6, 6.07) is -2.59. The zero-order chi connectivity index (χ0) is 13.8. The maximum Gasteiger partial charge on any atom is 0.408 e. The van der Waals surface area contributed by atoms with Gasteiger partial charge in [-0.1, -0.05) is 26.2 Å². The summed E-state index contributed by atoms with van der Waals surface area (Å²) in [7, 11) is 0. The van der Waals surface area contributed by atoms with Gasteiger partial charge >= 0.3 is 6.18 Å². The Balaban J connectivity index is 2.64. The number of nitrogens with two attached hydrogens (primary N) is 1. The van der Waals surface area contributed by atoms with E-state index in [-0.39, 0.29) is 0 Å². The maximum absolute atomic E-state index is 12.9. The molecule has 2 atom stereocenters. The molecule has 0 radical (unpaired) electrons. The van der Waals surface area contributed by atoms with Crippen molar-refractivity contribution in [2.45, 2.75) is 63.7 Å². The molecule has 0 aromatic carbocycles. The third-order valence-corrected chi connectivity index (χ3v) is 3.46. The van der Waals surface area contributed by atoms with Crippen LogP contribution in [0.15, 0.2) is 0 Å². The third kappa shape index (κ3) is 4.15. The Morgan fingerprint density at radius 2 is 1.94 bits per heavy atom. The van der Waals surface area contributed by atoms with E-state index in [1.165, 1.54) is 0 Å². The SMILES string of the molecule is CCCC(N)C(=O)NC(C1CCCC1)C(F)(F)F. The molecule has 0 saturated heterocycles. The highest BCUT2D eigenvalue weighted by molar-refractivity contribution is 5.81. The Kier molecular flexibility index (Phi) is 5.44. The molecule has 3 N–H and O–H groups in total. The lowest BCUT2D eigenvalue weighted by Gasteiger charge is -2.28. The van der Waals surface area contributed by atoms with Crippen LogP contribution in [0.1, 0.15) is 45.4 Å². The molecule has 0 aromatic heterocycles. The van der Waals surface area contributed by atoms with Crippen LogP contribution in [0.4, 0.5) is 13.2 Å². The lowest BCUT2D eigenvalue weighted by Crippen LogP contribution is -2.53. The smallest absolute Gasteiger partial charge is 0.343 e. The summed E-state index contributed by atoms with van der Waals surface area (Å²) in [5.74, 6) is -1.19. The predicted octanol–water partition coefficient (Wildman–Crippen LogP) is 2.35. The van der Waals surface area contributed by atoms with Crippen molar-refractivity contribution in [2.24, 2.45) is 11.7 Å². The van der Waals surface area contributed by atoms with E-state index < -0.39 is 30.1 Å². The van der Waals surface area contributed by atoms with Gasteiger partial charge in [0, 0.05) is 0 Å². The van der Waals surface area contributed by atoms with Crippen molar-refractivity contribution in [3.05, 3.63) is 0 Å². The first kappa shape index (κ1) is 15.3. The minimum atomic E-state index is -4.39. The van der Waals surface area contributed by atoms with Crippen molar-refractivity contribution in [1.29, 1.82) is 0 Å². The zero-order valence-corrected chi connectivity index (χ0v) is 10.6. The number of nitrogens with one attached hydrogen (secondary N) is 1. The van der Waals surface area contributed by atoms with E-state index in [4.69, 9.17) is 5.73 Å². The fraction of sp³-hybridized carbons (Fsp3) is 0.917. The first-order valence-corrected chi connectivity index (χ1v) is 6.49. The molecule has 1 aliphatic rings. The highest BCUT2D eigenvalue weighted by Gasteiger charge is 2.46. The normalized spacial score (nSPS) is 20.7. The van der Waals surface area contributed by atoms with E-state index in [1.807, 2.05) is 6.92 Å². The number of alkyl halides is 3. The van der Waals surface area contributed by atoms with Gasteiger partial charge in [-0.25, -0.2) is 0 Å². The second-order valence-corrected chi connectivity index (χ2v) is 4.97. The van der Waals surface area contributed by atoms with Crippen molar-refractivity contribution >= 4 is 5.91 Å². The van der Waals surface area contributed by atoms with Crippen LogP contribution in [0.25, 0.3) is 0 Å². The van der Waals surface area contributed by atoms with E-state index in [2.05, 4.69) is 5.32 Å². The molecule has 1 saturated carbocycles. The molecule has 6 heteroatoms. The van der Waals surface area contributed by atoms with Gasteiger partial charge in [0.2, 0.25) is 5.91 Å². The Labute approximate surface area is 105 Å². The Bertz CT molecular complexity index is 275. The molecular formula is C12H21F3N2O. The quantitative estimate of drug-likeness (QED) is 0.802. The molecule has 0 aliphatic heterocycles. The van der Waals surface area contributed by atoms with Crippen molar-refractivity contribution in [2.75, 3.05) is 0 Å². The molecule has 1 fully saturated rings. The molecule has 0 bridgehead atoms. The fourth-order valence-corrected chi connectivity index (χ4v) is 2.46. The topological polar surface area (TPSA) is 55.1 Å². The van der Waals surface area contributed by atoms with Gasteiger partial charge in [-0.2, -0.15) is 13.2 Å². The monoisotopic (exact) mass is 266 g/mol. The molecule has 0 spiro atoms. The number of carbonyl (C=O) groups is 1. The van der Waals surface area contributed by atoms with Crippen LogP contribution in [0.3, 0.4) is 0 Å². The molecule has 2 unspecified atom stereocenters. The number of hydrogen-bond acceptors (Lipinski definition) is 2. The van der Waals surface area contributed by atoms with Gasteiger partial charge in [0.05, 0.1) is 6.04 Å². The van der Waals surface area contributed by atoms with Gasteiger partial charge in [-0.15, -0.1) is 0 Å². The fourth-order valence-electron chi connectivity index (χ4n) is 2.46. The predicted molar refractivity (Wildman–Crippen MR) is 62.8 cm³/mol. The first-order chi connectivity index (χ1) is 8.36. The van der Waals surface area contributed by atoms with Gasteiger partial charge in [0.25, 0.3) is 0 Å². The highest BCUT2D eigenvalue weighted by atomic mass is 19.4. The van der Waals surface area contributed by atoms with E-state index >= 15 is 0 Å². The van der Waals surface area contributed by atoms with Crippen LogP contribution >= 0.6 is 0 Å². The van der Waals surface area contributed by atoms with Crippen LogP contribution in [-0.4, -0.2) is 24.2 Å². The van der Waals surface area contributed by atoms with Crippen LogP contribution in [0, 0.1) is 5.92 Å². The molecule has 18 heavy (non-hydrogen) atoms. The minimum Gasteiger partial charge on any atom is -0.343 e. The summed E-state index contributed by atoms with van der Waals surface area (Å²) in [5, 5.41) is 2.09. The van der Waals surface area contributed by atoms with Crippen LogP contribution in [-0.2, 0) is 4.79 Å². The number of carbonyl (C=O) groups excluding carboxylic acids is 1. The first-order valence-electron chi connectivity index (χ1n) is 6.49. The Morgan fingerprint density at radius 1 is 1.39 bits per heavy atom. The van der Waals surface area contributed by atoms with Crippen molar-refractivity contribution in [1.82, 2.24) is 5.32 Å². The number of hydrogen-bond donors (Lipinski definition) is 2. The van der Waals surface area contributed by atoms with Gasteiger partial charge in [0.15, 0.2) is 0 Å². The maximum atomic E-state index is 12.9. The lowest BCUT2D eigenvalue weighted by molar-refractivity contribution is -0.172. The van der Waals surface area contributed by atoms with Gasteiger partial charge in [-0.3, -0.25) is 4.79 Å². The van der Waals surface area contributed by atoms with Crippen LogP contribution in [0.5, 0.6) is 0 Å². The second-order valence-electron chi connectivity index (χ2n) is 4.97. The molecular weight excluding hydrogens is 245 g/mol. The summed E-state index contributed by atoms with van der Waals surface area (Å²) >= 11 is 0. The molecule has 1 aliphatic carbocycles. The van der Waals surface area contributed by atoms with Gasteiger partial charge < -0.3 is 11.1 Å². The largest absolute Gasteiger partial charge is 0.408 e. The standard InChI is InChI=1S/C12H21F3N2O/c1-2-5-9(16)11(18)17-10(12(13,14)15)8-6-3-4-7-8/h8-10H,2-7,16H2,1H3,(H,17,18). The van der Waals surface area contributed by atoms with E-state index in [9.17, 15) is 18.0 Å². The zero-order valence-electron chi connectivity index (χ0n) is 10.6.